The number of nitrogens with one attached hydrogen (secondary N) is 1. The fourth-order valence-electron chi connectivity index (χ4n) is 4.49. The molecule has 1 heterocycles. The highest BCUT2D eigenvalue weighted by Gasteiger charge is 2.31. The predicted octanol–water partition coefficient (Wildman–Crippen LogP) is 5.77. The Kier molecular flexibility index (Phi) is 8.22. The molecule has 0 aromatic heterocycles. The van der Waals surface area contributed by atoms with Crippen LogP contribution < -0.4 is 15.0 Å². The smallest absolute Gasteiger partial charge is 0.416 e. The average Bonchev–Trinajstić information content (AvgIpc) is 3.41. The summed E-state index contributed by atoms with van der Waals surface area (Å²) >= 11 is 0. The van der Waals surface area contributed by atoms with E-state index in [1.807, 2.05) is 37.3 Å². The Balaban J connectivity index is 1.39. The molecule has 3 aromatic carbocycles. The van der Waals surface area contributed by atoms with Gasteiger partial charge in [-0.1, -0.05) is 31.2 Å². The number of nitrogens with zero attached hydrogens (tertiary/aromatic N) is 1. The molecule has 1 amide bonds. The summed E-state index contributed by atoms with van der Waals surface area (Å²) in [6, 6.07) is 18.0. The van der Waals surface area contributed by atoms with Crippen molar-refractivity contribution in [1.82, 2.24) is 5.32 Å². The molecule has 1 fully saturated rings. The van der Waals surface area contributed by atoms with E-state index in [4.69, 9.17) is 4.74 Å². The second-order valence-electron chi connectivity index (χ2n) is 8.90. The molecule has 4 rings (SSSR count). The minimum absolute atomic E-state index is 0.108. The largest absolute Gasteiger partial charge is 0.495 e. The third kappa shape index (κ3) is 6.33. The van der Waals surface area contributed by atoms with Crippen molar-refractivity contribution in [2.75, 3.05) is 30.9 Å². The predicted molar refractivity (Wildman–Crippen MR) is 139 cm³/mol. The Morgan fingerprint density at radius 2 is 1.78 bits per heavy atom. The lowest BCUT2D eigenvalue weighted by atomic mass is 9.97. The first-order valence-electron chi connectivity index (χ1n) is 12.0. The van der Waals surface area contributed by atoms with Crippen molar-refractivity contribution in [3.8, 4) is 5.75 Å². The molecule has 5 nitrogen and oxygen atoms in total. The third-order valence-electron chi connectivity index (χ3n) is 6.58. The van der Waals surface area contributed by atoms with Gasteiger partial charge in [0.05, 0.1) is 29.2 Å². The summed E-state index contributed by atoms with van der Waals surface area (Å²) in [7, 11) is 0.535. The Bertz CT molecular complexity index is 1260. The zero-order valence-electron chi connectivity index (χ0n) is 20.7. The van der Waals surface area contributed by atoms with Gasteiger partial charge in [0.2, 0.25) is 0 Å². The number of hydrogen-bond acceptors (Lipinski definition) is 4. The maximum Gasteiger partial charge on any atom is 0.416 e. The fourth-order valence-corrected chi connectivity index (χ4v) is 5.26. The molecule has 1 saturated heterocycles. The van der Waals surface area contributed by atoms with E-state index in [0.29, 0.717) is 30.2 Å². The Morgan fingerprint density at radius 1 is 1.08 bits per heavy atom. The zero-order chi connectivity index (χ0) is 26.6. The van der Waals surface area contributed by atoms with Crippen molar-refractivity contribution < 1.29 is 26.9 Å². The van der Waals surface area contributed by atoms with Crippen molar-refractivity contribution in [1.29, 1.82) is 0 Å². The van der Waals surface area contributed by atoms with Crippen LogP contribution in [0.2, 0.25) is 0 Å². The number of anilines is 1. The number of carbonyl (C=O) groups is 1. The van der Waals surface area contributed by atoms with Gasteiger partial charge >= 0.3 is 6.18 Å². The second-order valence-corrected chi connectivity index (χ2v) is 10.6. The minimum Gasteiger partial charge on any atom is -0.495 e. The van der Waals surface area contributed by atoms with Gasteiger partial charge < -0.3 is 15.0 Å². The quantitative estimate of drug-likeness (QED) is 0.402. The summed E-state index contributed by atoms with van der Waals surface area (Å²) in [5.74, 6) is 0.986. The van der Waals surface area contributed by atoms with Gasteiger partial charge in [-0.25, -0.2) is 0 Å². The first-order chi connectivity index (χ1) is 17.7. The van der Waals surface area contributed by atoms with E-state index >= 15 is 0 Å². The van der Waals surface area contributed by atoms with E-state index in [1.165, 1.54) is 0 Å². The molecule has 0 aliphatic carbocycles. The zero-order valence-corrected chi connectivity index (χ0v) is 21.5. The number of amides is 1. The molecule has 0 saturated carbocycles. The van der Waals surface area contributed by atoms with Gasteiger partial charge in [-0.05, 0) is 60.0 Å². The van der Waals surface area contributed by atoms with Crippen molar-refractivity contribution in [3.05, 3.63) is 89.0 Å². The maximum atomic E-state index is 12.9. The van der Waals surface area contributed by atoms with Crippen LogP contribution in [0.1, 0.15) is 46.3 Å². The first kappa shape index (κ1) is 26.7. The van der Waals surface area contributed by atoms with Crippen molar-refractivity contribution in [2.45, 2.75) is 36.9 Å². The summed E-state index contributed by atoms with van der Waals surface area (Å²) in [5.41, 5.74) is 2.43. The minimum atomic E-state index is -4.34. The number of ether oxygens (including phenoxy) is 1. The number of hydrogen-bond donors (Lipinski definition) is 1. The first-order valence-corrected chi connectivity index (χ1v) is 13.4. The van der Waals surface area contributed by atoms with Gasteiger partial charge in [-0.3, -0.25) is 9.00 Å². The molecule has 2 atom stereocenters. The van der Waals surface area contributed by atoms with Crippen molar-refractivity contribution in [2.24, 2.45) is 0 Å². The molecule has 196 valence electrons. The molecular weight excluding hydrogens is 501 g/mol. The molecule has 1 N–H and O–H groups in total. The van der Waals surface area contributed by atoms with E-state index in [0.717, 1.165) is 46.8 Å². The van der Waals surface area contributed by atoms with Crippen LogP contribution in [0.5, 0.6) is 5.75 Å². The van der Waals surface area contributed by atoms with Gasteiger partial charge in [0, 0.05) is 41.8 Å². The lowest BCUT2D eigenvalue weighted by molar-refractivity contribution is -0.137. The number of alkyl halides is 3. The molecular formula is C28H29F3N2O3S. The summed E-state index contributed by atoms with van der Waals surface area (Å²) in [6.45, 7) is 3.58. The summed E-state index contributed by atoms with van der Waals surface area (Å²) in [5, 5.41) is 2.90. The van der Waals surface area contributed by atoms with Crippen LogP contribution in [-0.2, 0) is 23.5 Å². The summed E-state index contributed by atoms with van der Waals surface area (Å²) in [6.07, 6.45) is -3.54. The molecule has 0 spiro atoms. The van der Waals surface area contributed by atoms with Crippen LogP contribution >= 0.6 is 0 Å². The molecule has 2 unspecified atom stereocenters. The third-order valence-corrected chi connectivity index (χ3v) is 7.90. The molecule has 1 aliphatic heterocycles. The fraction of sp³-hybridized carbons (Fsp3) is 0.321. The van der Waals surface area contributed by atoms with E-state index in [9.17, 15) is 22.2 Å². The van der Waals surface area contributed by atoms with Gasteiger partial charge in [0.1, 0.15) is 5.75 Å². The molecule has 3 aromatic rings. The van der Waals surface area contributed by atoms with Crippen molar-refractivity contribution >= 4 is 22.4 Å². The second kappa shape index (κ2) is 11.4. The number of halogens is 3. The van der Waals surface area contributed by atoms with Gasteiger partial charge in [-0.15, -0.1) is 0 Å². The molecule has 0 bridgehead atoms. The molecule has 37 heavy (non-hydrogen) atoms. The number of methoxy groups -OCH3 is 1. The lowest BCUT2D eigenvalue weighted by Gasteiger charge is -2.22. The highest BCUT2D eigenvalue weighted by atomic mass is 32.2. The number of carbonyl (C=O) groups excluding carboxylic acids is 1. The Labute approximate surface area is 217 Å². The Morgan fingerprint density at radius 3 is 2.41 bits per heavy atom. The van der Waals surface area contributed by atoms with E-state index < -0.39 is 22.5 Å². The molecule has 1 aliphatic rings. The number of rotatable bonds is 8. The van der Waals surface area contributed by atoms with Gasteiger partial charge in [0.15, 0.2) is 0 Å². The van der Waals surface area contributed by atoms with E-state index in [1.54, 1.807) is 31.4 Å². The normalized spacial score (nSPS) is 16.5. The topological polar surface area (TPSA) is 58.6 Å². The molecule has 9 heteroatoms. The number of benzene rings is 3. The highest BCUT2D eigenvalue weighted by Crippen LogP contribution is 2.37. The van der Waals surface area contributed by atoms with Crippen LogP contribution in [0.4, 0.5) is 18.9 Å². The Hall–Kier alpha value is -3.33. The summed E-state index contributed by atoms with van der Waals surface area (Å²) < 4.78 is 56.1. The average molecular weight is 531 g/mol. The SMILES string of the molecule is CCS(=O)c1ccc(CNC(=O)c2ccc(N3CCC(c4ccc(C(F)(F)F)cc4)C3)c(OC)c2)cc1. The lowest BCUT2D eigenvalue weighted by Crippen LogP contribution is -2.24. The van der Waals surface area contributed by atoms with Crippen LogP contribution in [-0.4, -0.2) is 36.1 Å². The monoisotopic (exact) mass is 530 g/mol. The van der Waals surface area contributed by atoms with Gasteiger partial charge in [-0.2, -0.15) is 13.2 Å². The van der Waals surface area contributed by atoms with E-state index in [-0.39, 0.29) is 11.8 Å². The van der Waals surface area contributed by atoms with Crippen LogP contribution in [0, 0.1) is 0 Å². The maximum absolute atomic E-state index is 12.9. The summed E-state index contributed by atoms with van der Waals surface area (Å²) in [4.78, 5) is 15.7. The highest BCUT2D eigenvalue weighted by molar-refractivity contribution is 7.85. The molecule has 0 radical (unpaired) electrons. The van der Waals surface area contributed by atoms with Crippen LogP contribution in [0.25, 0.3) is 0 Å². The van der Waals surface area contributed by atoms with E-state index in [2.05, 4.69) is 10.2 Å². The van der Waals surface area contributed by atoms with Crippen molar-refractivity contribution in [3.63, 3.8) is 0 Å². The van der Waals surface area contributed by atoms with Crippen LogP contribution in [0.3, 0.4) is 0 Å². The standard InChI is InChI=1S/C28H29F3N2O3S/c1-3-37(35)24-11-4-19(5-12-24)17-32-27(34)21-8-13-25(26(16-21)36-2)33-15-14-22(18-33)20-6-9-23(10-7-20)28(29,30)31/h4-13,16,22H,3,14-15,17-18H2,1-2H3,(H,32,34). The van der Waals surface area contributed by atoms with Crippen LogP contribution in [0.15, 0.2) is 71.6 Å². The van der Waals surface area contributed by atoms with Gasteiger partial charge in [0.25, 0.3) is 5.91 Å².